The topological polar surface area (TPSA) is 33.0 Å². The molecule has 0 heterocycles. The third-order valence-electron chi connectivity index (χ3n) is 2.76. The molecule has 1 aliphatic rings. The van der Waals surface area contributed by atoms with Crippen LogP contribution in [0.2, 0.25) is 0 Å². The van der Waals surface area contributed by atoms with Crippen molar-refractivity contribution in [3.8, 4) is 6.07 Å². The van der Waals surface area contributed by atoms with Crippen molar-refractivity contribution in [2.75, 3.05) is 6.61 Å². The molecule has 2 heteroatoms. The van der Waals surface area contributed by atoms with Gasteiger partial charge in [0.2, 0.25) is 0 Å². The Kier molecular flexibility index (Phi) is 5.32. The van der Waals surface area contributed by atoms with E-state index in [1.54, 1.807) is 0 Å². The highest BCUT2D eigenvalue weighted by Crippen LogP contribution is 2.25. The van der Waals surface area contributed by atoms with E-state index < -0.39 is 0 Å². The first-order valence-corrected chi connectivity index (χ1v) is 5.51. The molecule has 0 aromatic heterocycles. The summed E-state index contributed by atoms with van der Waals surface area (Å²) >= 11 is 0. The van der Waals surface area contributed by atoms with Crippen LogP contribution >= 0.6 is 0 Å². The number of hydrogen-bond donors (Lipinski definition) is 0. The Balaban J connectivity index is 2.40. The van der Waals surface area contributed by atoms with Gasteiger partial charge in [0.15, 0.2) is 0 Å². The average molecular weight is 193 g/mol. The molecule has 0 radical (unpaired) electrons. The van der Waals surface area contributed by atoms with Gasteiger partial charge < -0.3 is 4.74 Å². The van der Waals surface area contributed by atoms with Crippen molar-refractivity contribution in [1.29, 1.82) is 5.26 Å². The van der Waals surface area contributed by atoms with E-state index in [1.807, 2.05) is 19.1 Å². The molecule has 14 heavy (non-hydrogen) atoms. The molecule has 1 rings (SSSR count). The minimum absolute atomic E-state index is 0.114. The van der Waals surface area contributed by atoms with Gasteiger partial charge in [0.05, 0.1) is 24.7 Å². The van der Waals surface area contributed by atoms with Crippen molar-refractivity contribution in [3.05, 3.63) is 12.2 Å². The second kappa shape index (κ2) is 6.62. The lowest BCUT2D eigenvalue weighted by Gasteiger charge is -2.18. The maximum absolute atomic E-state index is 8.99. The predicted octanol–water partition coefficient (Wildman–Crippen LogP) is 3.05. The molecule has 0 amide bonds. The maximum Gasteiger partial charge on any atom is 0.0737 e. The van der Waals surface area contributed by atoms with Gasteiger partial charge >= 0.3 is 0 Å². The van der Waals surface area contributed by atoms with Gasteiger partial charge in [-0.05, 0) is 19.8 Å². The molecule has 0 aromatic rings. The monoisotopic (exact) mass is 193 g/mol. The molecule has 0 N–H and O–H groups in total. The van der Waals surface area contributed by atoms with Gasteiger partial charge in [-0.2, -0.15) is 5.26 Å². The van der Waals surface area contributed by atoms with E-state index >= 15 is 0 Å². The molecule has 0 bridgehead atoms. The lowest BCUT2D eigenvalue weighted by molar-refractivity contribution is 0.0413. The van der Waals surface area contributed by atoms with Crippen molar-refractivity contribution in [2.45, 2.75) is 45.1 Å². The quantitative estimate of drug-likeness (QED) is 0.510. The summed E-state index contributed by atoms with van der Waals surface area (Å²) in [5.74, 6) is 0.114. The minimum Gasteiger partial charge on any atom is -0.373 e. The number of nitrogens with zero attached hydrogens (tertiary/aromatic N) is 1. The van der Waals surface area contributed by atoms with Crippen LogP contribution in [0.5, 0.6) is 0 Å². The minimum atomic E-state index is 0.114. The second-order valence-corrected chi connectivity index (χ2v) is 3.81. The van der Waals surface area contributed by atoms with Crippen molar-refractivity contribution in [3.63, 3.8) is 0 Å². The largest absolute Gasteiger partial charge is 0.373 e. The van der Waals surface area contributed by atoms with Crippen LogP contribution in [0, 0.1) is 17.2 Å². The highest BCUT2D eigenvalue weighted by atomic mass is 16.5. The number of hydrogen-bond acceptors (Lipinski definition) is 2. The predicted molar refractivity (Wildman–Crippen MR) is 56.7 cm³/mol. The molecule has 2 unspecified atom stereocenters. The van der Waals surface area contributed by atoms with Crippen LogP contribution < -0.4 is 0 Å². The third kappa shape index (κ3) is 3.51. The summed E-state index contributed by atoms with van der Waals surface area (Å²) in [4.78, 5) is 0. The molecule has 2 nitrogen and oxygen atoms in total. The highest BCUT2D eigenvalue weighted by Gasteiger charge is 2.23. The maximum atomic E-state index is 8.99. The summed E-state index contributed by atoms with van der Waals surface area (Å²) in [5, 5.41) is 8.99. The van der Waals surface area contributed by atoms with Crippen LogP contribution in [0.3, 0.4) is 0 Å². The van der Waals surface area contributed by atoms with Gasteiger partial charge in [0.1, 0.15) is 0 Å². The summed E-state index contributed by atoms with van der Waals surface area (Å²) in [7, 11) is 0. The molecule has 0 aromatic carbocycles. The smallest absolute Gasteiger partial charge is 0.0737 e. The summed E-state index contributed by atoms with van der Waals surface area (Å²) in [5.41, 5.74) is 0. The Hall–Kier alpha value is -0.810. The summed E-state index contributed by atoms with van der Waals surface area (Å²) in [6.45, 7) is 2.64. The molecule has 0 spiro atoms. The van der Waals surface area contributed by atoms with Gasteiger partial charge in [-0.15, -0.1) is 0 Å². The summed E-state index contributed by atoms with van der Waals surface area (Å²) < 4.78 is 5.70. The van der Waals surface area contributed by atoms with Crippen LogP contribution in [0.1, 0.15) is 39.0 Å². The van der Waals surface area contributed by atoms with E-state index in [0.717, 1.165) is 12.8 Å². The van der Waals surface area contributed by atoms with Crippen LogP contribution in [-0.4, -0.2) is 12.7 Å². The van der Waals surface area contributed by atoms with Gasteiger partial charge in [0, 0.05) is 0 Å². The zero-order valence-electron chi connectivity index (χ0n) is 8.91. The first-order valence-electron chi connectivity index (χ1n) is 5.51. The zero-order valence-corrected chi connectivity index (χ0v) is 8.91. The summed E-state index contributed by atoms with van der Waals surface area (Å²) in [6, 6.07) is 2.37. The SMILES string of the molecule is CC=CCOC1CCCCCC1C#N. The number of ether oxygens (including phenoxy) is 1. The molecule has 0 aliphatic heterocycles. The van der Waals surface area contributed by atoms with E-state index in [4.69, 9.17) is 10.00 Å². The average Bonchev–Trinajstić information content (AvgIpc) is 2.43. The number of allylic oxidation sites excluding steroid dienone is 1. The third-order valence-corrected chi connectivity index (χ3v) is 2.76. The Labute approximate surface area is 86.6 Å². The van der Waals surface area contributed by atoms with E-state index in [2.05, 4.69) is 6.07 Å². The van der Waals surface area contributed by atoms with Crippen molar-refractivity contribution < 1.29 is 4.74 Å². The molecule has 0 saturated heterocycles. The molecule has 78 valence electrons. The Morgan fingerprint density at radius 1 is 1.36 bits per heavy atom. The molecule has 2 atom stereocenters. The number of rotatable bonds is 3. The van der Waals surface area contributed by atoms with Crippen LogP contribution in [-0.2, 0) is 4.74 Å². The molecule has 1 aliphatic carbocycles. The fourth-order valence-electron chi connectivity index (χ4n) is 1.90. The van der Waals surface area contributed by atoms with Crippen LogP contribution in [0.4, 0.5) is 0 Å². The van der Waals surface area contributed by atoms with Gasteiger partial charge in [-0.3, -0.25) is 0 Å². The van der Waals surface area contributed by atoms with Crippen LogP contribution in [0.25, 0.3) is 0 Å². The molecular formula is C12H19NO. The number of nitriles is 1. The Morgan fingerprint density at radius 2 is 2.14 bits per heavy atom. The van der Waals surface area contributed by atoms with Gasteiger partial charge in [0.25, 0.3) is 0 Å². The Morgan fingerprint density at radius 3 is 2.86 bits per heavy atom. The van der Waals surface area contributed by atoms with Crippen molar-refractivity contribution in [2.24, 2.45) is 5.92 Å². The van der Waals surface area contributed by atoms with E-state index in [0.29, 0.717) is 6.61 Å². The summed E-state index contributed by atoms with van der Waals surface area (Å²) in [6.07, 6.45) is 9.85. The highest BCUT2D eigenvalue weighted by molar-refractivity contribution is 4.91. The van der Waals surface area contributed by atoms with Gasteiger partial charge in [-0.25, -0.2) is 0 Å². The normalized spacial score (nSPS) is 28.6. The first kappa shape index (κ1) is 11.3. The second-order valence-electron chi connectivity index (χ2n) is 3.81. The fourth-order valence-corrected chi connectivity index (χ4v) is 1.90. The van der Waals surface area contributed by atoms with E-state index in [1.165, 1.54) is 19.3 Å². The standard InChI is InChI=1S/C12H19NO/c1-2-3-9-14-12-8-6-4-5-7-11(12)10-13/h2-3,11-12H,4-9H2,1H3. The zero-order chi connectivity index (χ0) is 10.2. The molecule has 1 fully saturated rings. The van der Waals surface area contributed by atoms with E-state index in [-0.39, 0.29) is 12.0 Å². The lowest BCUT2D eigenvalue weighted by atomic mass is 9.99. The Bertz CT molecular complexity index is 217. The van der Waals surface area contributed by atoms with Crippen molar-refractivity contribution in [1.82, 2.24) is 0 Å². The molecule has 1 saturated carbocycles. The van der Waals surface area contributed by atoms with Gasteiger partial charge in [-0.1, -0.05) is 31.4 Å². The fraction of sp³-hybridized carbons (Fsp3) is 0.750. The van der Waals surface area contributed by atoms with E-state index in [9.17, 15) is 0 Å². The van der Waals surface area contributed by atoms with Crippen LogP contribution in [0.15, 0.2) is 12.2 Å². The lowest BCUT2D eigenvalue weighted by Crippen LogP contribution is -2.21. The molecular weight excluding hydrogens is 174 g/mol. The first-order chi connectivity index (χ1) is 6.88. The van der Waals surface area contributed by atoms with Crippen molar-refractivity contribution >= 4 is 0 Å².